The summed E-state index contributed by atoms with van der Waals surface area (Å²) in [7, 11) is 1.37. The number of hydrogen-bond acceptors (Lipinski definition) is 6. The Labute approximate surface area is 125 Å². The van der Waals surface area contributed by atoms with Gasteiger partial charge in [0.05, 0.1) is 8.48 Å². The number of aromatic hydroxyl groups is 3. The predicted octanol–water partition coefficient (Wildman–Crippen LogP) is 2.59. The molecule has 2 aromatic carbocycles. The molecule has 0 atom stereocenters. The van der Waals surface area contributed by atoms with Crippen molar-refractivity contribution in [2.24, 2.45) is 0 Å². The molecule has 0 saturated heterocycles. The monoisotopic (exact) mass is 301 g/mol. The third-order valence-corrected chi connectivity index (χ3v) is 3.17. The van der Waals surface area contributed by atoms with Gasteiger partial charge in [0.15, 0.2) is 16.9 Å². The topological polar surface area (TPSA) is 100 Å². The lowest BCUT2D eigenvalue weighted by Gasteiger charge is -2.08. The van der Waals surface area contributed by atoms with Crippen molar-refractivity contribution >= 4 is 11.0 Å². The Hall–Kier alpha value is -3.15. The van der Waals surface area contributed by atoms with E-state index in [2.05, 4.69) is 0 Å². The summed E-state index contributed by atoms with van der Waals surface area (Å²) in [5.41, 5.74) is -0.442. The van der Waals surface area contributed by atoms with E-state index in [1.54, 1.807) is 0 Å². The molecule has 3 aromatic rings. The Bertz CT molecular complexity index is 976. The van der Waals surface area contributed by atoms with E-state index in [9.17, 15) is 20.1 Å². The van der Waals surface area contributed by atoms with E-state index < -0.39 is 17.2 Å². The smallest absolute Gasteiger partial charge is 0.197 e. The van der Waals surface area contributed by atoms with Crippen LogP contribution in [0.5, 0.6) is 23.0 Å². The summed E-state index contributed by atoms with van der Waals surface area (Å²) in [6, 6.07) is 5.95. The summed E-state index contributed by atoms with van der Waals surface area (Å²) < 4.78 is 18.5. The normalized spacial score (nSPS) is 11.4. The number of benzene rings is 2. The van der Waals surface area contributed by atoms with Crippen LogP contribution < -0.4 is 10.2 Å². The number of hydrogen-bond donors (Lipinski definition) is 3. The van der Waals surface area contributed by atoms with Crippen LogP contribution in [0.3, 0.4) is 0 Å². The second kappa shape index (κ2) is 5.00. The van der Waals surface area contributed by atoms with E-state index >= 15 is 0 Å². The van der Waals surface area contributed by atoms with Crippen LogP contribution in [-0.2, 0) is 0 Å². The first-order valence-corrected chi connectivity index (χ1v) is 6.29. The molecule has 3 N–H and O–H groups in total. The number of fused-ring (bicyclic) bond motifs is 1. The van der Waals surface area contributed by atoms with Gasteiger partial charge in [-0.15, -0.1) is 0 Å². The van der Waals surface area contributed by atoms with Gasteiger partial charge in [-0.3, -0.25) is 4.79 Å². The van der Waals surface area contributed by atoms with Crippen LogP contribution in [0.1, 0.15) is 1.37 Å². The Morgan fingerprint density at radius 3 is 2.64 bits per heavy atom. The number of phenolic OH excluding ortho intramolecular Hbond substituents is 3. The molecule has 22 heavy (non-hydrogen) atoms. The minimum Gasteiger partial charge on any atom is -0.508 e. The molecule has 1 aromatic heterocycles. The maximum absolute atomic E-state index is 12.3. The molecule has 0 amide bonds. The predicted molar refractivity (Wildman–Crippen MR) is 79.5 cm³/mol. The fourth-order valence-electron chi connectivity index (χ4n) is 2.15. The van der Waals surface area contributed by atoms with E-state index in [-0.39, 0.29) is 34.0 Å². The van der Waals surface area contributed by atoms with Crippen LogP contribution >= 0.6 is 0 Å². The Morgan fingerprint density at radius 2 is 1.91 bits per heavy atom. The van der Waals surface area contributed by atoms with Crippen LogP contribution in [0.25, 0.3) is 22.3 Å². The molecule has 3 rings (SSSR count). The van der Waals surface area contributed by atoms with Gasteiger partial charge in [-0.05, 0) is 18.2 Å². The average Bonchev–Trinajstić information content (AvgIpc) is 2.50. The summed E-state index contributed by atoms with van der Waals surface area (Å²) in [6.07, 6.45) is 0. The van der Waals surface area contributed by atoms with Crippen molar-refractivity contribution in [2.75, 3.05) is 7.11 Å². The molecule has 6 heteroatoms. The van der Waals surface area contributed by atoms with E-state index in [4.69, 9.17) is 10.5 Å². The molecule has 0 saturated carbocycles. The van der Waals surface area contributed by atoms with E-state index in [1.165, 1.54) is 31.4 Å². The number of rotatable bonds is 2. The van der Waals surface area contributed by atoms with Gasteiger partial charge in [-0.1, -0.05) is 0 Å². The van der Waals surface area contributed by atoms with Crippen LogP contribution in [-0.4, -0.2) is 22.4 Å². The molecule has 0 aliphatic carbocycles. The van der Waals surface area contributed by atoms with Gasteiger partial charge < -0.3 is 24.5 Å². The molecule has 0 bridgehead atoms. The third-order valence-electron chi connectivity index (χ3n) is 3.17. The quantitative estimate of drug-likeness (QED) is 0.672. The maximum Gasteiger partial charge on any atom is 0.197 e. The largest absolute Gasteiger partial charge is 0.508 e. The molecule has 6 nitrogen and oxygen atoms in total. The second-order valence-electron chi connectivity index (χ2n) is 4.61. The first-order chi connectivity index (χ1) is 10.9. The van der Waals surface area contributed by atoms with Gasteiger partial charge in [0.25, 0.3) is 0 Å². The summed E-state index contributed by atoms with van der Waals surface area (Å²) in [5, 5.41) is 28.8. The van der Waals surface area contributed by atoms with Gasteiger partial charge in [0.1, 0.15) is 28.2 Å². The van der Waals surface area contributed by atoms with Gasteiger partial charge in [0, 0.05) is 23.7 Å². The van der Waals surface area contributed by atoms with Gasteiger partial charge in [-0.25, -0.2) is 0 Å². The Morgan fingerprint density at radius 1 is 1.14 bits per heavy atom. The summed E-state index contributed by atoms with van der Waals surface area (Å²) in [6.45, 7) is 0. The van der Waals surface area contributed by atoms with Crippen molar-refractivity contribution in [1.29, 1.82) is 0 Å². The SMILES string of the molecule is [2H]c1c(-c2ccc(O)c(OC)c2)oc2cc(O)cc(O)c2c1=O. The lowest BCUT2D eigenvalue weighted by molar-refractivity contribution is 0.373. The van der Waals surface area contributed by atoms with E-state index in [0.717, 1.165) is 6.07 Å². The van der Waals surface area contributed by atoms with Crippen molar-refractivity contribution < 1.29 is 25.8 Å². The molecule has 0 radical (unpaired) electrons. The molecule has 1 heterocycles. The molecule has 0 spiro atoms. The van der Waals surface area contributed by atoms with Crippen LogP contribution in [0.2, 0.25) is 0 Å². The lowest BCUT2D eigenvalue weighted by atomic mass is 10.1. The maximum atomic E-state index is 12.3. The number of phenols is 3. The van der Waals surface area contributed by atoms with Crippen molar-refractivity contribution in [3.8, 4) is 34.3 Å². The lowest BCUT2D eigenvalue weighted by Crippen LogP contribution is -2.00. The zero-order chi connectivity index (χ0) is 16.7. The number of ether oxygens (including phenoxy) is 1. The first-order valence-electron chi connectivity index (χ1n) is 6.79. The molecule has 0 aliphatic heterocycles. The zero-order valence-electron chi connectivity index (χ0n) is 12.5. The molecule has 0 fully saturated rings. The van der Waals surface area contributed by atoms with Gasteiger partial charge in [-0.2, -0.15) is 0 Å². The molecule has 112 valence electrons. The average molecular weight is 301 g/mol. The van der Waals surface area contributed by atoms with E-state index in [0.29, 0.717) is 5.56 Å². The molecule has 0 aliphatic rings. The highest BCUT2D eigenvalue weighted by Crippen LogP contribution is 2.34. The first kappa shape index (κ1) is 12.6. The second-order valence-corrected chi connectivity index (χ2v) is 4.61. The van der Waals surface area contributed by atoms with Crippen LogP contribution in [0.15, 0.2) is 45.6 Å². The van der Waals surface area contributed by atoms with Gasteiger partial charge >= 0.3 is 0 Å². The summed E-state index contributed by atoms with van der Waals surface area (Å²) >= 11 is 0. The van der Waals surface area contributed by atoms with Gasteiger partial charge in [0.2, 0.25) is 0 Å². The van der Waals surface area contributed by atoms with Crippen molar-refractivity contribution in [1.82, 2.24) is 0 Å². The molecular weight excluding hydrogens is 288 g/mol. The minimum absolute atomic E-state index is 0.0504. The standard InChI is InChI=1S/C16H12O6/c1-21-14-4-8(2-3-10(14)18)13-7-12(20)16-11(19)5-9(17)6-15(16)22-13/h2-7,17-19H,1H3/i7D. The zero-order valence-corrected chi connectivity index (χ0v) is 11.5. The highest BCUT2D eigenvalue weighted by molar-refractivity contribution is 5.86. The third kappa shape index (κ3) is 2.20. The fourth-order valence-corrected chi connectivity index (χ4v) is 2.15. The van der Waals surface area contributed by atoms with Crippen LogP contribution in [0, 0.1) is 0 Å². The fraction of sp³-hybridized carbons (Fsp3) is 0.0625. The molecular formula is C16H12O6. The van der Waals surface area contributed by atoms with Crippen molar-refractivity contribution in [3.63, 3.8) is 0 Å². The highest BCUT2D eigenvalue weighted by atomic mass is 16.5. The Kier molecular flexibility index (Phi) is 2.86. The van der Waals surface area contributed by atoms with Crippen molar-refractivity contribution in [2.45, 2.75) is 0 Å². The Balaban J connectivity index is 2.35. The van der Waals surface area contributed by atoms with Crippen molar-refractivity contribution in [3.05, 3.63) is 46.6 Å². The highest BCUT2D eigenvalue weighted by Gasteiger charge is 2.13. The molecule has 0 unspecified atom stereocenters. The van der Waals surface area contributed by atoms with Crippen LogP contribution in [0.4, 0.5) is 0 Å². The summed E-state index contributed by atoms with van der Waals surface area (Å²) in [4.78, 5) is 12.3. The minimum atomic E-state index is -0.731. The summed E-state index contributed by atoms with van der Waals surface area (Å²) in [5.74, 6) is -0.738. The number of methoxy groups -OCH3 is 1. The van der Waals surface area contributed by atoms with E-state index in [1.807, 2.05) is 0 Å².